The Morgan fingerprint density at radius 2 is 1.97 bits per heavy atom. The summed E-state index contributed by atoms with van der Waals surface area (Å²) in [6.45, 7) is 4.53. The lowest BCUT2D eigenvalue weighted by Crippen LogP contribution is -2.65. The molecule has 0 bridgehead atoms. The van der Waals surface area contributed by atoms with Crippen LogP contribution in [0, 0.1) is 6.92 Å². The second-order valence-electron chi connectivity index (χ2n) is 8.04. The van der Waals surface area contributed by atoms with E-state index in [1.807, 2.05) is 11.8 Å². The Hall–Kier alpha value is -3.05. The summed E-state index contributed by atoms with van der Waals surface area (Å²) >= 11 is 0. The fraction of sp³-hybridized carbons (Fsp3) is 0.429. The molecule has 8 nitrogen and oxygen atoms in total. The van der Waals surface area contributed by atoms with Gasteiger partial charge in [0.15, 0.2) is 0 Å². The van der Waals surface area contributed by atoms with Crippen molar-refractivity contribution < 1.29 is 22.8 Å². The van der Waals surface area contributed by atoms with Gasteiger partial charge in [-0.15, -0.1) is 0 Å². The number of fused-ring (bicyclic) bond motifs is 1. The third-order valence-corrected chi connectivity index (χ3v) is 5.63. The first-order chi connectivity index (χ1) is 15.1. The first kappa shape index (κ1) is 22.2. The normalized spacial score (nSPS) is 22.2. The number of amides is 2. The molecule has 2 aliphatic heterocycles. The highest BCUT2D eigenvalue weighted by Crippen LogP contribution is 2.30. The second-order valence-corrected chi connectivity index (χ2v) is 8.04. The summed E-state index contributed by atoms with van der Waals surface area (Å²) in [5, 5.41) is 8.76. The molecule has 4 rings (SSSR count). The highest BCUT2D eigenvalue weighted by molar-refractivity contribution is 5.89. The van der Waals surface area contributed by atoms with E-state index >= 15 is 0 Å². The van der Waals surface area contributed by atoms with Gasteiger partial charge < -0.3 is 10.6 Å². The first-order valence-corrected chi connectivity index (χ1v) is 10.2. The van der Waals surface area contributed by atoms with E-state index in [0.29, 0.717) is 24.5 Å². The molecule has 0 aliphatic carbocycles. The third kappa shape index (κ3) is 4.73. The second kappa shape index (κ2) is 8.47. The number of carbonyl (C=O) groups excluding carboxylic acids is 2. The van der Waals surface area contributed by atoms with Crippen LogP contribution in [-0.4, -0.2) is 39.0 Å². The Balaban J connectivity index is 1.39. The maximum absolute atomic E-state index is 12.8. The maximum Gasteiger partial charge on any atom is 0.416 e. The molecule has 3 heterocycles. The maximum atomic E-state index is 12.8. The Kier molecular flexibility index (Phi) is 5.87. The van der Waals surface area contributed by atoms with E-state index in [0.717, 1.165) is 23.4 Å². The minimum atomic E-state index is -4.42. The first-order valence-electron chi connectivity index (χ1n) is 10.2. The van der Waals surface area contributed by atoms with Gasteiger partial charge in [0.05, 0.1) is 29.8 Å². The van der Waals surface area contributed by atoms with E-state index in [2.05, 4.69) is 25.9 Å². The summed E-state index contributed by atoms with van der Waals surface area (Å²) in [6.07, 6.45) is -3.25. The SMILES string of the molecule is Cc1ncc2c(n1)CN(C1NC(=O)CC(C(=O)N[C@H](C)c3ccc(C(F)(F)F)cc3)N1)C2. The van der Waals surface area contributed by atoms with Crippen LogP contribution in [0.5, 0.6) is 0 Å². The number of nitrogens with zero attached hydrogens (tertiary/aromatic N) is 3. The molecule has 2 unspecified atom stereocenters. The largest absolute Gasteiger partial charge is 0.416 e. The van der Waals surface area contributed by atoms with Crippen LogP contribution in [0.4, 0.5) is 13.2 Å². The van der Waals surface area contributed by atoms with Crippen molar-refractivity contribution in [3.05, 3.63) is 58.7 Å². The quantitative estimate of drug-likeness (QED) is 0.659. The van der Waals surface area contributed by atoms with Gasteiger partial charge in [0, 0.05) is 24.8 Å². The average Bonchev–Trinajstić information content (AvgIpc) is 3.16. The van der Waals surface area contributed by atoms with E-state index in [4.69, 9.17) is 0 Å². The molecular weight excluding hydrogens is 425 g/mol. The number of alkyl halides is 3. The summed E-state index contributed by atoms with van der Waals surface area (Å²) in [5.74, 6) is -0.000327. The molecule has 170 valence electrons. The van der Waals surface area contributed by atoms with Gasteiger partial charge in [-0.1, -0.05) is 12.1 Å². The fourth-order valence-corrected chi connectivity index (χ4v) is 3.87. The van der Waals surface area contributed by atoms with Gasteiger partial charge in [-0.25, -0.2) is 9.97 Å². The number of hydrogen-bond donors (Lipinski definition) is 3. The Morgan fingerprint density at radius 1 is 1.25 bits per heavy atom. The number of nitrogens with one attached hydrogen (secondary N) is 3. The van der Waals surface area contributed by atoms with E-state index in [-0.39, 0.29) is 12.3 Å². The zero-order valence-electron chi connectivity index (χ0n) is 17.5. The van der Waals surface area contributed by atoms with Gasteiger partial charge in [-0.3, -0.25) is 19.8 Å². The monoisotopic (exact) mass is 448 g/mol. The average molecular weight is 448 g/mol. The fourth-order valence-electron chi connectivity index (χ4n) is 3.87. The minimum absolute atomic E-state index is 0.0399. The van der Waals surface area contributed by atoms with Gasteiger partial charge in [-0.05, 0) is 31.5 Å². The zero-order chi connectivity index (χ0) is 23.0. The van der Waals surface area contributed by atoms with Crippen LogP contribution in [0.1, 0.15) is 47.6 Å². The van der Waals surface area contributed by atoms with E-state index in [9.17, 15) is 22.8 Å². The van der Waals surface area contributed by atoms with Crippen molar-refractivity contribution >= 4 is 11.8 Å². The predicted molar refractivity (Wildman–Crippen MR) is 107 cm³/mol. The van der Waals surface area contributed by atoms with Crippen molar-refractivity contribution in [3.8, 4) is 0 Å². The Morgan fingerprint density at radius 3 is 2.66 bits per heavy atom. The van der Waals surface area contributed by atoms with Crippen molar-refractivity contribution in [2.75, 3.05) is 0 Å². The number of halogens is 3. The molecule has 3 N–H and O–H groups in total. The third-order valence-electron chi connectivity index (χ3n) is 5.63. The van der Waals surface area contributed by atoms with Crippen LogP contribution in [0.25, 0.3) is 0 Å². The molecule has 2 amide bonds. The van der Waals surface area contributed by atoms with Crippen LogP contribution in [0.3, 0.4) is 0 Å². The van der Waals surface area contributed by atoms with E-state index in [1.165, 1.54) is 12.1 Å². The number of benzene rings is 1. The molecule has 0 saturated carbocycles. The molecule has 1 aromatic carbocycles. The Labute approximate surface area is 182 Å². The predicted octanol–water partition coefficient (Wildman–Crippen LogP) is 1.76. The molecule has 32 heavy (non-hydrogen) atoms. The lowest BCUT2D eigenvalue weighted by Gasteiger charge is -2.36. The molecule has 2 aromatic rings. The summed E-state index contributed by atoms with van der Waals surface area (Å²) in [7, 11) is 0. The number of aromatic nitrogens is 2. The Bertz CT molecular complexity index is 1030. The molecule has 1 fully saturated rings. The summed E-state index contributed by atoms with van der Waals surface area (Å²) in [5.41, 5.74) is 1.64. The van der Waals surface area contributed by atoms with Crippen molar-refractivity contribution in [2.45, 2.75) is 57.9 Å². The molecule has 0 radical (unpaired) electrons. The molecule has 11 heteroatoms. The van der Waals surface area contributed by atoms with Crippen molar-refractivity contribution in [1.82, 2.24) is 30.8 Å². The number of rotatable bonds is 4. The van der Waals surface area contributed by atoms with Crippen molar-refractivity contribution in [1.29, 1.82) is 0 Å². The molecule has 1 aromatic heterocycles. The molecular formula is C21H23F3N6O2. The van der Waals surface area contributed by atoms with Gasteiger partial charge >= 0.3 is 6.18 Å². The molecule has 0 spiro atoms. The van der Waals surface area contributed by atoms with E-state index < -0.39 is 36.0 Å². The van der Waals surface area contributed by atoms with Crippen LogP contribution in [0.2, 0.25) is 0 Å². The highest BCUT2D eigenvalue weighted by atomic mass is 19.4. The van der Waals surface area contributed by atoms with Crippen LogP contribution >= 0.6 is 0 Å². The van der Waals surface area contributed by atoms with Crippen LogP contribution in [0.15, 0.2) is 30.5 Å². The van der Waals surface area contributed by atoms with Crippen LogP contribution < -0.4 is 16.0 Å². The van der Waals surface area contributed by atoms with Crippen LogP contribution in [-0.2, 0) is 28.9 Å². The van der Waals surface area contributed by atoms with E-state index in [1.54, 1.807) is 13.1 Å². The van der Waals surface area contributed by atoms with Crippen molar-refractivity contribution in [2.24, 2.45) is 0 Å². The summed E-state index contributed by atoms with van der Waals surface area (Å²) in [4.78, 5) is 35.6. The lowest BCUT2D eigenvalue weighted by atomic mass is 10.0. The van der Waals surface area contributed by atoms with Gasteiger partial charge in [-0.2, -0.15) is 13.2 Å². The van der Waals surface area contributed by atoms with Gasteiger partial charge in [0.1, 0.15) is 12.1 Å². The number of carbonyl (C=O) groups is 2. The molecule has 1 saturated heterocycles. The standard InChI is InChI=1S/C21H23F3N6O2/c1-11(13-3-5-15(6-4-13)21(22,23)24)26-19(32)16-7-18(31)29-20(28-16)30-9-14-8-25-12(2)27-17(14)10-30/h3-6,8,11,16,20,28H,7,9-10H2,1-2H3,(H,26,32)(H,29,31)/t11-,16?,20?/m1/s1. The lowest BCUT2D eigenvalue weighted by molar-refractivity contribution is -0.137. The summed E-state index contributed by atoms with van der Waals surface area (Å²) < 4.78 is 38.3. The van der Waals surface area contributed by atoms with Crippen molar-refractivity contribution in [3.63, 3.8) is 0 Å². The zero-order valence-corrected chi connectivity index (χ0v) is 17.5. The smallest absolute Gasteiger partial charge is 0.348 e. The number of hydrogen-bond acceptors (Lipinski definition) is 6. The number of aryl methyl sites for hydroxylation is 1. The summed E-state index contributed by atoms with van der Waals surface area (Å²) in [6, 6.07) is 3.34. The van der Waals surface area contributed by atoms with Gasteiger partial charge in [0.25, 0.3) is 0 Å². The highest BCUT2D eigenvalue weighted by Gasteiger charge is 2.36. The molecule has 3 atom stereocenters. The minimum Gasteiger partial charge on any atom is -0.348 e. The molecule has 2 aliphatic rings. The van der Waals surface area contributed by atoms with Gasteiger partial charge in [0.2, 0.25) is 11.8 Å². The topological polar surface area (TPSA) is 99.2 Å².